The number of aromatic hydroxyl groups is 1. The topological polar surface area (TPSA) is 75.1 Å². The molecule has 0 saturated heterocycles. The molecule has 0 bridgehead atoms. The van der Waals surface area contributed by atoms with E-state index in [0.29, 0.717) is 0 Å². The first-order valence-corrected chi connectivity index (χ1v) is 4.32. The van der Waals surface area contributed by atoms with Gasteiger partial charge in [-0.25, -0.2) is 4.79 Å². The third-order valence-corrected chi connectivity index (χ3v) is 1.96. The number of H-pyrrole nitrogens is 1. The number of carbonyl (C=O) groups is 1. The Morgan fingerprint density at radius 2 is 2.42 bits per heavy atom. The number of carbonyl (C=O) groups excluding carboxylic acids is 1. The van der Waals surface area contributed by atoms with Crippen LogP contribution >= 0.6 is 15.9 Å². The van der Waals surface area contributed by atoms with Crippen molar-refractivity contribution in [3.05, 3.63) is 16.7 Å². The minimum atomic E-state index is -0.484. The Kier molecular flexibility index (Phi) is 2.69. The van der Waals surface area contributed by atoms with Gasteiger partial charge in [0.25, 0.3) is 0 Å². The molecule has 0 unspecified atom stereocenters. The van der Waals surface area contributed by atoms with Crippen molar-refractivity contribution in [1.82, 2.24) is 9.55 Å². The summed E-state index contributed by atoms with van der Waals surface area (Å²) >= 11 is 2.95. The molecule has 66 valence electrons. The number of alkyl halides is 1. The first-order chi connectivity index (χ1) is 5.65. The SMILES string of the molecule is O=C(CBr)Cn1c(O)c[nH]c1=O. The van der Waals surface area contributed by atoms with Crippen LogP contribution in [0.4, 0.5) is 0 Å². The fourth-order valence-electron chi connectivity index (χ4n) is 0.758. The molecule has 1 rings (SSSR count). The summed E-state index contributed by atoms with van der Waals surface area (Å²) in [7, 11) is 0. The Bertz CT molecular complexity index is 341. The van der Waals surface area contributed by atoms with Crippen LogP contribution in [0.15, 0.2) is 11.0 Å². The predicted molar refractivity (Wildman–Crippen MR) is 45.5 cm³/mol. The Labute approximate surface area is 76.1 Å². The second-order valence-corrected chi connectivity index (χ2v) is 2.77. The number of aromatic amines is 1. The summed E-state index contributed by atoms with van der Waals surface area (Å²) in [6.07, 6.45) is 1.14. The molecule has 0 atom stereocenters. The molecule has 0 amide bonds. The van der Waals surface area contributed by atoms with Gasteiger partial charge in [-0.15, -0.1) is 0 Å². The van der Waals surface area contributed by atoms with E-state index in [1.54, 1.807) is 0 Å². The lowest BCUT2D eigenvalue weighted by Crippen LogP contribution is -2.21. The number of nitrogens with zero attached hydrogens (tertiary/aromatic N) is 1. The van der Waals surface area contributed by atoms with Gasteiger partial charge in [0.2, 0.25) is 5.88 Å². The lowest BCUT2D eigenvalue weighted by atomic mass is 10.4. The van der Waals surface area contributed by atoms with Gasteiger partial charge in [-0.2, -0.15) is 0 Å². The number of Topliss-reactive ketones (excluding diaryl/α,β-unsaturated/α-hetero) is 1. The van der Waals surface area contributed by atoms with E-state index in [4.69, 9.17) is 5.11 Å². The second-order valence-electron chi connectivity index (χ2n) is 2.21. The van der Waals surface area contributed by atoms with Crippen molar-refractivity contribution in [2.45, 2.75) is 6.54 Å². The van der Waals surface area contributed by atoms with Crippen LogP contribution in [0.25, 0.3) is 0 Å². The predicted octanol–water partition coefficient (Wildman–Crippen LogP) is -0.154. The van der Waals surface area contributed by atoms with E-state index in [1.807, 2.05) is 0 Å². The number of ketones is 1. The Hall–Kier alpha value is -1.04. The largest absolute Gasteiger partial charge is 0.493 e. The number of aromatic nitrogens is 2. The summed E-state index contributed by atoms with van der Waals surface area (Å²) in [5.74, 6) is -0.402. The summed E-state index contributed by atoms with van der Waals surface area (Å²) in [4.78, 5) is 24.0. The van der Waals surface area contributed by atoms with Crippen LogP contribution in [-0.4, -0.2) is 25.8 Å². The van der Waals surface area contributed by atoms with Crippen molar-refractivity contribution in [2.75, 3.05) is 5.33 Å². The number of halogens is 1. The van der Waals surface area contributed by atoms with Crippen LogP contribution in [0.3, 0.4) is 0 Å². The molecule has 6 heteroatoms. The number of imidazole rings is 1. The summed E-state index contributed by atoms with van der Waals surface area (Å²) in [6, 6.07) is 0. The molecule has 0 saturated carbocycles. The van der Waals surface area contributed by atoms with E-state index in [-0.39, 0.29) is 23.5 Å². The minimum absolute atomic E-state index is 0.112. The van der Waals surface area contributed by atoms with Crippen molar-refractivity contribution < 1.29 is 9.90 Å². The maximum absolute atomic E-state index is 10.9. The Balaban J connectivity index is 2.88. The number of hydrogen-bond donors (Lipinski definition) is 2. The maximum atomic E-state index is 10.9. The van der Waals surface area contributed by atoms with Crippen LogP contribution in [0.1, 0.15) is 0 Å². The molecule has 0 aliphatic carbocycles. The number of nitrogens with one attached hydrogen (secondary N) is 1. The fourth-order valence-corrected chi connectivity index (χ4v) is 0.935. The Morgan fingerprint density at radius 1 is 1.75 bits per heavy atom. The van der Waals surface area contributed by atoms with E-state index in [2.05, 4.69) is 20.9 Å². The molecule has 12 heavy (non-hydrogen) atoms. The third-order valence-electron chi connectivity index (χ3n) is 1.33. The summed E-state index contributed by atoms with van der Waals surface area (Å²) in [5, 5.41) is 9.21. The smallest absolute Gasteiger partial charge is 0.328 e. The normalized spacial score (nSPS) is 10.1. The molecule has 1 aromatic rings. The van der Waals surface area contributed by atoms with Gasteiger partial charge >= 0.3 is 5.69 Å². The summed E-state index contributed by atoms with van der Waals surface area (Å²) in [6.45, 7) is -0.112. The zero-order valence-corrected chi connectivity index (χ0v) is 7.67. The average molecular weight is 235 g/mol. The van der Waals surface area contributed by atoms with E-state index >= 15 is 0 Å². The molecule has 5 nitrogen and oxygen atoms in total. The standard InChI is InChI=1S/C6H7BrN2O3/c7-1-4(10)3-9-5(11)2-8-6(9)12/h2,11H,1,3H2,(H,8,12). The third kappa shape index (κ3) is 1.76. The maximum Gasteiger partial charge on any atom is 0.328 e. The van der Waals surface area contributed by atoms with Crippen molar-refractivity contribution in [3.8, 4) is 5.88 Å². The van der Waals surface area contributed by atoms with Crippen LogP contribution in [0, 0.1) is 0 Å². The highest BCUT2D eigenvalue weighted by Gasteiger charge is 2.07. The molecule has 0 aliphatic rings. The number of hydrogen-bond acceptors (Lipinski definition) is 3. The van der Waals surface area contributed by atoms with Gasteiger partial charge in [0, 0.05) is 0 Å². The zero-order chi connectivity index (χ0) is 9.14. The highest BCUT2D eigenvalue weighted by atomic mass is 79.9. The molecular formula is C6H7BrN2O3. The average Bonchev–Trinajstić information content (AvgIpc) is 2.35. The van der Waals surface area contributed by atoms with Gasteiger partial charge in [-0.3, -0.25) is 9.36 Å². The van der Waals surface area contributed by atoms with E-state index < -0.39 is 5.69 Å². The van der Waals surface area contributed by atoms with Crippen LogP contribution < -0.4 is 5.69 Å². The molecular weight excluding hydrogens is 228 g/mol. The quantitative estimate of drug-likeness (QED) is 0.715. The van der Waals surface area contributed by atoms with Crippen molar-refractivity contribution in [1.29, 1.82) is 0 Å². The first kappa shape index (κ1) is 9.05. The minimum Gasteiger partial charge on any atom is -0.493 e. The highest BCUT2D eigenvalue weighted by molar-refractivity contribution is 9.09. The van der Waals surface area contributed by atoms with Crippen molar-refractivity contribution in [3.63, 3.8) is 0 Å². The van der Waals surface area contributed by atoms with E-state index in [1.165, 1.54) is 0 Å². The first-order valence-electron chi connectivity index (χ1n) is 3.20. The monoisotopic (exact) mass is 234 g/mol. The molecule has 1 aromatic heterocycles. The highest BCUT2D eigenvalue weighted by Crippen LogP contribution is 2.02. The van der Waals surface area contributed by atoms with Gasteiger partial charge in [0.15, 0.2) is 5.78 Å². The molecule has 1 heterocycles. The molecule has 0 aliphatic heterocycles. The summed E-state index contributed by atoms with van der Waals surface area (Å²) in [5.41, 5.74) is -0.484. The zero-order valence-electron chi connectivity index (χ0n) is 6.08. The molecule has 0 spiro atoms. The van der Waals surface area contributed by atoms with Gasteiger partial charge in [0.1, 0.15) is 0 Å². The van der Waals surface area contributed by atoms with E-state index in [9.17, 15) is 9.59 Å². The molecule has 2 N–H and O–H groups in total. The van der Waals surface area contributed by atoms with Crippen molar-refractivity contribution >= 4 is 21.7 Å². The van der Waals surface area contributed by atoms with Crippen molar-refractivity contribution in [2.24, 2.45) is 0 Å². The Morgan fingerprint density at radius 3 is 2.83 bits per heavy atom. The fraction of sp³-hybridized carbons (Fsp3) is 0.333. The van der Waals surface area contributed by atoms with Gasteiger partial charge in [-0.05, 0) is 0 Å². The van der Waals surface area contributed by atoms with Gasteiger partial charge in [0.05, 0.1) is 18.1 Å². The number of rotatable bonds is 3. The van der Waals surface area contributed by atoms with Crippen LogP contribution in [-0.2, 0) is 11.3 Å². The lowest BCUT2D eigenvalue weighted by Gasteiger charge is -1.98. The second kappa shape index (κ2) is 3.57. The molecule has 0 fully saturated rings. The summed E-state index contributed by atoms with van der Waals surface area (Å²) < 4.78 is 0.962. The molecule has 0 radical (unpaired) electrons. The van der Waals surface area contributed by atoms with E-state index in [0.717, 1.165) is 10.8 Å². The molecule has 0 aromatic carbocycles. The van der Waals surface area contributed by atoms with Crippen LogP contribution in [0.2, 0.25) is 0 Å². The van der Waals surface area contributed by atoms with Gasteiger partial charge in [-0.1, -0.05) is 15.9 Å². The van der Waals surface area contributed by atoms with Gasteiger partial charge < -0.3 is 10.1 Å². The van der Waals surface area contributed by atoms with Crippen LogP contribution in [0.5, 0.6) is 5.88 Å². The lowest BCUT2D eigenvalue weighted by molar-refractivity contribution is -0.117.